The summed E-state index contributed by atoms with van der Waals surface area (Å²) in [7, 11) is -1.62. The molecule has 1 aromatic rings. The molecule has 0 unspecified atom stereocenters. The molecule has 0 radical (unpaired) electrons. The van der Waals surface area contributed by atoms with Gasteiger partial charge >= 0.3 is 0 Å². The van der Waals surface area contributed by atoms with Gasteiger partial charge in [-0.05, 0) is 30.5 Å². The largest absolute Gasteiger partial charge is 0.497 e. The molecule has 0 N–H and O–H groups in total. The number of methoxy groups -OCH3 is 1. The maximum absolute atomic E-state index is 11.2. The van der Waals surface area contributed by atoms with Crippen molar-refractivity contribution in [2.24, 2.45) is 0 Å². The van der Waals surface area contributed by atoms with Crippen molar-refractivity contribution in [2.75, 3.05) is 13.4 Å². The van der Waals surface area contributed by atoms with Crippen LogP contribution in [0.15, 0.2) is 24.3 Å². The SMILES string of the molecule is COc1ccc(COC2(CC#CS(C)(=O)=O)CCCCC2)cc1. The van der Waals surface area contributed by atoms with Crippen LogP contribution in [0.3, 0.4) is 0 Å². The number of hydrogen-bond donors (Lipinski definition) is 0. The Morgan fingerprint density at radius 1 is 1.13 bits per heavy atom. The lowest BCUT2D eigenvalue weighted by atomic mass is 9.82. The Hall–Kier alpha value is -1.51. The van der Waals surface area contributed by atoms with Crippen molar-refractivity contribution in [3.63, 3.8) is 0 Å². The Morgan fingerprint density at radius 3 is 2.35 bits per heavy atom. The highest BCUT2D eigenvalue weighted by Crippen LogP contribution is 2.35. The van der Waals surface area contributed by atoms with E-state index in [1.807, 2.05) is 24.3 Å². The molecule has 126 valence electrons. The van der Waals surface area contributed by atoms with Crippen LogP contribution in [0.5, 0.6) is 5.75 Å². The first-order chi connectivity index (χ1) is 10.9. The molecule has 4 nitrogen and oxygen atoms in total. The minimum Gasteiger partial charge on any atom is -0.497 e. The fourth-order valence-corrected chi connectivity index (χ4v) is 3.19. The Kier molecular flexibility index (Phi) is 6.09. The summed E-state index contributed by atoms with van der Waals surface area (Å²) in [5.74, 6) is 3.63. The Balaban J connectivity index is 2.03. The molecule has 0 amide bonds. The van der Waals surface area contributed by atoms with Crippen LogP contribution >= 0.6 is 0 Å². The number of hydrogen-bond acceptors (Lipinski definition) is 4. The van der Waals surface area contributed by atoms with Gasteiger partial charge in [-0.1, -0.05) is 37.3 Å². The molecule has 5 heteroatoms. The second kappa shape index (κ2) is 7.85. The van der Waals surface area contributed by atoms with E-state index in [4.69, 9.17) is 9.47 Å². The van der Waals surface area contributed by atoms with Gasteiger partial charge in [0.2, 0.25) is 9.84 Å². The minimum absolute atomic E-state index is 0.324. The summed E-state index contributed by atoms with van der Waals surface area (Å²) in [6.45, 7) is 0.505. The predicted molar refractivity (Wildman–Crippen MR) is 90.8 cm³/mol. The zero-order chi connectivity index (χ0) is 16.8. The molecule has 0 aliphatic heterocycles. The molecule has 0 aromatic heterocycles. The van der Waals surface area contributed by atoms with Gasteiger partial charge in [-0.2, -0.15) is 0 Å². The zero-order valence-corrected chi connectivity index (χ0v) is 14.6. The van der Waals surface area contributed by atoms with Gasteiger partial charge < -0.3 is 9.47 Å². The second-order valence-corrected chi connectivity index (χ2v) is 7.86. The number of sulfone groups is 1. The van der Waals surface area contributed by atoms with E-state index in [-0.39, 0.29) is 5.60 Å². The average molecular weight is 336 g/mol. The molecule has 1 aliphatic rings. The molecule has 0 heterocycles. The van der Waals surface area contributed by atoms with Gasteiger partial charge in [0.05, 0.1) is 25.6 Å². The average Bonchev–Trinajstić information content (AvgIpc) is 2.53. The minimum atomic E-state index is -3.26. The van der Waals surface area contributed by atoms with Crippen LogP contribution in [0, 0.1) is 11.2 Å². The van der Waals surface area contributed by atoms with E-state index in [2.05, 4.69) is 11.2 Å². The number of ether oxygens (including phenoxy) is 2. The van der Waals surface area contributed by atoms with Gasteiger partial charge in [0, 0.05) is 11.7 Å². The van der Waals surface area contributed by atoms with E-state index in [9.17, 15) is 8.42 Å². The lowest BCUT2D eigenvalue weighted by Crippen LogP contribution is -2.34. The third kappa shape index (κ3) is 5.89. The van der Waals surface area contributed by atoms with Crippen LogP contribution in [0.1, 0.15) is 44.1 Å². The molecule has 1 fully saturated rings. The van der Waals surface area contributed by atoms with E-state index in [0.717, 1.165) is 43.3 Å². The lowest BCUT2D eigenvalue weighted by Gasteiger charge is -2.36. The maximum atomic E-state index is 11.2. The fourth-order valence-electron chi connectivity index (χ4n) is 2.85. The molecule has 23 heavy (non-hydrogen) atoms. The quantitative estimate of drug-likeness (QED) is 0.611. The Morgan fingerprint density at radius 2 is 1.78 bits per heavy atom. The van der Waals surface area contributed by atoms with Crippen molar-refractivity contribution in [3.05, 3.63) is 29.8 Å². The first-order valence-electron chi connectivity index (χ1n) is 7.89. The summed E-state index contributed by atoms with van der Waals surface area (Å²) in [6.07, 6.45) is 6.87. The monoisotopic (exact) mass is 336 g/mol. The molecule has 0 spiro atoms. The molecule has 0 bridgehead atoms. The van der Waals surface area contributed by atoms with Crippen molar-refractivity contribution in [3.8, 4) is 16.9 Å². The van der Waals surface area contributed by atoms with Gasteiger partial charge in [0.15, 0.2) is 0 Å². The second-order valence-electron chi connectivity index (χ2n) is 6.11. The molecule has 0 saturated heterocycles. The van der Waals surface area contributed by atoms with E-state index < -0.39 is 9.84 Å². The van der Waals surface area contributed by atoms with Crippen molar-refractivity contribution >= 4 is 9.84 Å². The first-order valence-corrected chi connectivity index (χ1v) is 9.78. The molecule has 2 rings (SSSR count). The highest BCUT2D eigenvalue weighted by atomic mass is 32.2. The topological polar surface area (TPSA) is 52.6 Å². The van der Waals surface area contributed by atoms with Crippen LogP contribution in [0.4, 0.5) is 0 Å². The van der Waals surface area contributed by atoms with Crippen molar-refractivity contribution < 1.29 is 17.9 Å². The van der Waals surface area contributed by atoms with Gasteiger partial charge in [-0.15, -0.1) is 0 Å². The van der Waals surface area contributed by atoms with E-state index in [0.29, 0.717) is 13.0 Å². The first kappa shape index (κ1) is 17.8. The zero-order valence-electron chi connectivity index (χ0n) is 13.8. The van der Waals surface area contributed by atoms with Crippen LogP contribution < -0.4 is 4.74 Å². The third-order valence-corrected chi connectivity index (χ3v) is 4.65. The normalized spacial score (nSPS) is 17.1. The van der Waals surface area contributed by atoms with Crippen molar-refractivity contribution in [1.29, 1.82) is 0 Å². The van der Waals surface area contributed by atoms with Crippen LogP contribution in [0.2, 0.25) is 0 Å². The lowest BCUT2D eigenvalue weighted by molar-refractivity contribution is -0.0767. The Labute approximate surface area is 139 Å². The maximum Gasteiger partial charge on any atom is 0.213 e. The molecule has 1 aromatic carbocycles. The standard InChI is InChI=1S/C18H24O4S/c1-21-17-9-7-16(8-10-17)15-22-18(11-4-3-5-12-18)13-6-14-23(2,19)20/h7-10H,3-5,11-13,15H2,1-2H3. The van der Waals surface area contributed by atoms with E-state index >= 15 is 0 Å². The molecule has 1 aliphatic carbocycles. The van der Waals surface area contributed by atoms with Crippen LogP contribution in [0.25, 0.3) is 0 Å². The molecule has 0 atom stereocenters. The van der Waals surface area contributed by atoms with Crippen LogP contribution in [-0.4, -0.2) is 27.4 Å². The third-order valence-electron chi connectivity index (χ3n) is 4.14. The summed E-state index contributed by atoms with van der Waals surface area (Å²) in [5, 5.41) is 2.33. The smallest absolute Gasteiger partial charge is 0.213 e. The van der Waals surface area contributed by atoms with Gasteiger partial charge in [-0.3, -0.25) is 0 Å². The highest BCUT2D eigenvalue weighted by Gasteiger charge is 2.32. The van der Waals surface area contributed by atoms with Crippen molar-refractivity contribution in [1.82, 2.24) is 0 Å². The van der Waals surface area contributed by atoms with E-state index in [1.165, 1.54) is 6.42 Å². The molecular weight excluding hydrogens is 312 g/mol. The summed E-state index contributed by atoms with van der Waals surface area (Å²) >= 11 is 0. The van der Waals surface area contributed by atoms with Gasteiger partial charge in [0.1, 0.15) is 5.75 Å². The van der Waals surface area contributed by atoms with Crippen molar-refractivity contribution in [2.45, 2.75) is 50.7 Å². The number of benzene rings is 1. The fraction of sp³-hybridized carbons (Fsp3) is 0.556. The summed E-state index contributed by atoms with van der Waals surface area (Å²) < 4.78 is 33.7. The van der Waals surface area contributed by atoms with Gasteiger partial charge in [-0.25, -0.2) is 8.42 Å². The summed E-state index contributed by atoms with van der Waals surface area (Å²) in [6, 6.07) is 7.79. The van der Waals surface area contributed by atoms with Gasteiger partial charge in [0.25, 0.3) is 0 Å². The highest BCUT2D eigenvalue weighted by molar-refractivity contribution is 7.95. The molecular formula is C18H24O4S. The van der Waals surface area contributed by atoms with Crippen LogP contribution in [-0.2, 0) is 21.2 Å². The summed E-state index contributed by atoms with van der Waals surface area (Å²) in [4.78, 5) is 0. The number of rotatable bonds is 5. The van der Waals surface area contributed by atoms with E-state index in [1.54, 1.807) is 7.11 Å². The summed E-state index contributed by atoms with van der Waals surface area (Å²) in [5.41, 5.74) is 0.752. The molecule has 1 saturated carbocycles. The Bertz CT molecular complexity index is 659. The predicted octanol–water partition coefficient (Wildman–Crippen LogP) is 3.31.